The predicted molar refractivity (Wildman–Crippen MR) is 122 cm³/mol. The van der Waals surface area contributed by atoms with Crippen molar-refractivity contribution in [3.63, 3.8) is 0 Å². The molecule has 1 heterocycles. The second-order valence-electron chi connectivity index (χ2n) is 7.78. The second kappa shape index (κ2) is 8.23. The minimum Gasteiger partial charge on any atom is -0.507 e. The van der Waals surface area contributed by atoms with Gasteiger partial charge in [-0.1, -0.05) is 48.0 Å². The number of ether oxygens (including phenoxy) is 1. The van der Waals surface area contributed by atoms with E-state index < -0.39 is 17.7 Å². The fourth-order valence-corrected chi connectivity index (χ4v) is 4.01. The second-order valence-corrected chi connectivity index (χ2v) is 7.78. The van der Waals surface area contributed by atoms with E-state index in [9.17, 15) is 19.8 Å². The zero-order valence-electron chi connectivity index (χ0n) is 18.0. The van der Waals surface area contributed by atoms with Gasteiger partial charge in [-0.05, 0) is 49.2 Å². The number of benzene rings is 3. The molecule has 0 aliphatic carbocycles. The van der Waals surface area contributed by atoms with Crippen molar-refractivity contribution in [1.29, 1.82) is 0 Å². The number of phenols is 1. The number of aliphatic hydroxyl groups is 1. The first-order valence-corrected chi connectivity index (χ1v) is 10.1. The van der Waals surface area contributed by atoms with E-state index in [1.54, 1.807) is 48.5 Å². The lowest BCUT2D eigenvalue weighted by Crippen LogP contribution is -2.29. The summed E-state index contributed by atoms with van der Waals surface area (Å²) >= 11 is 0. The summed E-state index contributed by atoms with van der Waals surface area (Å²) in [7, 11) is 1.47. The molecule has 1 aliphatic rings. The number of methoxy groups -OCH3 is 1. The van der Waals surface area contributed by atoms with Gasteiger partial charge < -0.3 is 14.9 Å². The van der Waals surface area contributed by atoms with Gasteiger partial charge >= 0.3 is 0 Å². The summed E-state index contributed by atoms with van der Waals surface area (Å²) in [4.78, 5) is 27.7. The van der Waals surface area contributed by atoms with Crippen LogP contribution in [0.1, 0.15) is 28.3 Å². The number of rotatable bonds is 4. The molecule has 1 aliphatic heterocycles. The third kappa shape index (κ3) is 3.50. The zero-order valence-corrected chi connectivity index (χ0v) is 18.0. The van der Waals surface area contributed by atoms with Crippen molar-refractivity contribution in [1.82, 2.24) is 0 Å². The molecule has 3 aromatic rings. The first kappa shape index (κ1) is 21.2. The van der Waals surface area contributed by atoms with E-state index >= 15 is 0 Å². The Morgan fingerprint density at radius 1 is 0.938 bits per heavy atom. The summed E-state index contributed by atoms with van der Waals surface area (Å²) in [6.07, 6.45) is 0. The molecule has 162 valence electrons. The highest BCUT2D eigenvalue weighted by atomic mass is 16.5. The molecule has 0 radical (unpaired) electrons. The van der Waals surface area contributed by atoms with Gasteiger partial charge in [0.25, 0.3) is 11.7 Å². The lowest BCUT2D eigenvalue weighted by atomic mass is 9.94. The zero-order chi connectivity index (χ0) is 23.0. The number of aliphatic hydroxyl groups excluding tert-OH is 1. The predicted octanol–water partition coefficient (Wildman–Crippen LogP) is 4.64. The van der Waals surface area contributed by atoms with Gasteiger partial charge in [-0.3, -0.25) is 14.5 Å². The normalized spacial score (nSPS) is 17.6. The Bertz CT molecular complexity index is 1250. The molecule has 1 atom stereocenters. The number of carbonyl (C=O) groups excluding carboxylic acids is 2. The summed E-state index contributed by atoms with van der Waals surface area (Å²) in [5.74, 6) is -1.74. The quantitative estimate of drug-likeness (QED) is 0.358. The number of nitrogens with zero attached hydrogens (tertiary/aromatic N) is 1. The van der Waals surface area contributed by atoms with Crippen molar-refractivity contribution in [2.24, 2.45) is 0 Å². The Kier molecular flexibility index (Phi) is 5.45. The fourth-order valence-electron chi connectivity index (χ4n) is 4.01. The van der Waals surface area contributed by atoms with E-state index in [1.807, 2.05) is 26.0 Å². The minimum absolute atomic E-state index is 0.0639. The first-order valence-electron chi connectivity index (χ1n) is 10.1. The summed E-state index contributed by atoms with van der Waals surface area (Å²) in [5.41, 5.74) is 2.75. The molecule has 1 fully saturated rings. The van der Waals surface area contributed by atoms with E-state index in [0.29, 0.717) is 16.9 Å². The average Bonchev–Trinajstić information content (AvgIpc) is 3.06. The minimum atomic E-state index is -0.922. The monoisotopic (exact) mass is 429 g/mol. The van der Waals surface area contributed by atoms with Crippen molar-refractivity contribution < 1.29 is 24.5 Å². The number of aromatic hydroxyl groups is 1. The van der Waals surface area contributed by atoms with Crippen LogP contribution in [0.5, 0.6) is 11.5 Å². The summed E-state index contributed by atoms with van der Waals surface area (Å²) < 4.78 is 5.39. The maximum absolute atomic E-state index is 13.2. The van der Waals surface area contributed by atoms with Gasteiger partial charge in [0.15, 0.2) is 0 Å². The molecule has 6 nitrogen and oxygen atoms in total. The third-order valence-electron chi connectivity index (χ3n) is 5.56. The Labute approximate surface area is 186 Å². The standard InChI is InChI=1S/C26H23NO5/c1-15-10-12-21(32-3)18(13-15)24(29)22-23(17-7-5-4-6-8-17)27(26(31)25(22)30)19-14-16(2)9-11-20(19)28/h4-14,23,28-29H,1-3H3/b24-22+. The number of ketones is 1. The molecule has 0 spiro atoms. The smallest absolute Gasteiger partial charge is 0.300 e. The number of hydrogen-bond donors (Lipinski definition) is 2. The molecule has 32 heavy (non-hydrogen) atoms. The van der Waals surface area contributed by atoms with Crippen molar-refractivity contribution in [3.05, 3.63) is 94.6 Å². The van der Waals surface area contributed by atoms with E-state index in [2.05, 4.69) is 0 Å². The lowest BCUT2D eigenvalue weighted by molar-refractivity contribution is -0.132. The van der Waals surface area contributed by atoms with Crippen LogP contribution in [-0.4, -0.2) is 29.0 Å². The van der Waals surface area contributed by atoms with E-state index in [0.717, 1.165) is 11.1 Å². The number of anilines is 1. The van der Waals surface area contributed by atoms with E-state index in [1.165, 1.54) is 18.1 Å². The van der Waals surface area contributed by atoms with Gasteiger partial charge in [0, 0.05) is 0 Å². The highest BCUT2D eigenvalue weighted by molar-refractivity contribution is 6.52. The molecular formula is C26H23NO5. The maximum atomic E-state index is 13.2. The molecule has 0 saturated carbocycles. The molecule has 1 amide bonds. The van der Waals surface area contributed by atoms with Crippen molar-refractivity contribution in [2.45, 2.75) is 19.9 Å². The van der Waals surface area contributed by atoms with E-state index in [-0.39, 0.29) is 22.8 Å². The van der Waals surface area contributed by atoms with Crippen LogP contribution in [0.25, 0.3) is 5.76 Å². The summed E-state index contributed by atoms with van der Waals surface area (Å²) in [5, 5.41) is 21.8. The summed E-state index contributed by atoms with van der Waals surface area (Å²) in [6.45, 7) is 3.68. The molecule has 3 aromatic carbocycles. The van der Waals surface area contributed by atoms with Crippen LogP contribution < -0.4 is 9.64 Å². The molecular weight excluding hydrogens is 406 g/mol. The van der Waals surface area contributed by atoms with Gasteiger partial charge in [0.2, 0.25) is 0 Å². The Morgan fingerprint density at radius 3 is 2.28 bits per heavy atom. The molecule has 0 aromatic heterocycles. The molecule has 4 rings (SSSR count). The maximum Gasteiger partial charge on any atom is 0.300 e. The van der Waals surface area contributed by atoms with Gasteiger partial charge in [-0.15, -0.1) is 0 Å². The highest BCUT2D eigenvalue weighted by Crippen LogP contribution is 2.45. The first-order chi connectivity index (χ1) is 15.3. The third-order valence-corrected chi connectivity index (χ3v) is 5.56. The number of hydrogen-bond acceptors (Lipinski definition) is 5. The van der Waals surface area contributed by atoms with Crippen LogP contribution in [0.4, 0.5) is 5.69 Å². The molecule has 1 unspecified atom stereocenters. The van der Waals surface area contributed by atoms with Crippen molar-refractivity contribution in [2.75, 3.05) is 12.0 Å². The highest BCUT2D eigenvalue weighted by Gasteiger charge is 2.47. The number of phenolic OH excluding ortho intramolecular Hbond substituents is 1. The molecule has 1 saturated heterocycles. The van der Waals surface area contributed by atoms with Gasteiger partial charge in [0.05, 0.1) is 30.0 Å². The Balaban J connectivity index is 2.01. The SMILES string of the molecule is COc1ccc(C)cc1/C(O)=C1\C(=O)C(=O)N(c2cc(C)ccc2O)C1c1ccccc1. The number of carbonyl (C=O) groups is 2. The van der Waals surface area contributed by atoms with Crippen molar-refractivity contribution in [3.8, 4) is 11.5 Å². The van der Waals surface area contributed by atoms with Crippen LogP contribution in [-0.2, 0) is 9.59 Å². The number of aryl methyl sites for hydroxylation is 2. The van der Waals surface area contributed by atoms with Crippen LogP contribution in [0.2, 0.25) is 0 Å². The average molecular weight is 429 g/mol. The van der Waals surface area contributed by atoms with Gasteiger partial charge in [-0.2, -0.15) is 0 Å². The number of amides is 1. The Hall–Kier alpha value is -4.06. The van der Waals surface area contributed by atoms with Crippen molar-refractivity contribution >= 4 is 23.1 Å². The van der Waals surface area contributed by atoms with Crippen LogP contribution in [0.3, 0.4) is 0 Å². The number of Topliss-reactive ketones (excluding diaryl/α,β-unsaturated/α-hetero) is 1. The fraction of sp³-hybridized carbons (Fsp3) is 0.154. The largest absolute Gasteiger partial charge is 0.507 e. The van der Waals surface area contributed by atoms with Crippen LogP contribution >= 0.6 is 0 Å². The summed E-state index contributed by atoms with van der Waals surface area (Å²) in [6, 6.07) is 18.1. The van der Waals surface area contributed by atoms with Gasteiger partial charge in [0.1, 0.15) is 17.3 Å². The molecule has 2 N–H and O–H groups in total. The molecule has 6 heteroatoms. The van der Waals surface area contributed by atoms with Gasteiger partial charge in [-0.25, -0.2) is 0 Å². The molecule has 0 bridgehead atoms. The van der Waals surface area contributed by atoms with Crippen LogP contribution in [0.15, 0.2) is 72.3 Å². The van der Waals surface area contributed by atoms with E-state index in [4.69, 9.17) is 4.74 Å². The topological polar surface area (TPSA) is 87.1 Å². The lowest BCUT2D eigenvalue weighted by Gasteiger charge is -2.26. The Morgan fingerprint density at radius 2 is 1.59 bits per heavy atom. The van der Waals surface area contributed by atoms with Crippen LogP contribution in [0, 0.1) is 13.8 Å².